The lowest BCUT2D eigenvalue weighted by Gasteiger charge is -2.31. The van der Waals surface area contributed by atoms with Gasteiger partial charge in [-0.1, -0.05) is 31.2 Å². The maximum absolute atomic E-state index is 3.20. The highest BCUT2D eigenvalue weighted by Crippen LogP contribution is 2.22. The Balaban J connectivity index is 1.85. The molecule has 0 spiro atoms. The van der Waals surface area contributed by atoms with Gasteiger partial charge in [0.1, 0.15) is 0 Å². The molecule has 0 saturated carbocycles. The summed E-state index contributed by atoms with van der Waals surface area (Å²) in [6, 6.07) is 9.16. The molecule has 0 radical (unpaired) electrons. The number of benzene rings is 1. The molecule has 0 amide bonds. The van der Waals surface area contributed by atoms with Crippen molar-refractivity contribution < 1.29 is 0 Å². The molecule has 0 bridgehead atoms. The van der Waals surface area contributed by atoms with Gasteiger partial charge in [-0.05, 0) is 37.6 Å². The molecule has 1 heterocycles. The molecule has 1 aliphatic rings. The second kappa shape index (κ2) is 7.93. The summed E-state index contributed by atoms with van der Waals surface area (Å²) in [5.41, 5.74) is 2.88. The first-order chi connectivity index (χ1) is 9.31. The number of nitrogens with one attached hydrogen (secondary N) is 1. The number of hydrogen-bond acceptors (Lipinski definition) is 3. The van der Waals surface area contributed by atoms with Gasteiger partial charge >= 0.3 is 0 Å². The molecular formula is C16H26N2S. The van der Waals surface area contributed by atoms with Gasteiger partial charge in [0, 0.05) is 30.6 Å². The predicted octanol–water partition coefficient (Wildman–Crippen LogP) is 2.78. The number of nitrogens with zero attached hydrogens (tertiary/aromatic N) is 1. The van der Waals surface area contributed by atoms with Crippen molar-refractivity contribution in [3.8, 4) is 0 Å². The van der Waals surface area contributed by atoms with Crippen molar-refractivity contribution in [1.29, 1.82) is 0 Å². The van der Waals surface area contributed by atoms with Gasteiger partial charge in [-0.25, -0.2) is 0 Å². The molecule has 1 atom stereocenters. The number of thioether (sulfide) groups is 1. The van der Waals surface area contributed by atoms with Crippen LogP contribution < -0.4 is 5.32 Å². The summed E-state index contributed by atoms with van der Waals surface area (Å²) >= 11 is 2.14. The lowest BCUT2D eigenvalue weighted by atomic mass is 10.1. The van der Waals surface area contributed by atoms with E-state index in [4.69, 9.17) is 0 Å². The van der Waals surface area contributed by atoms with Crippen molar-refractivity contribution in [2.45, 2.75) is 31.6 Å². The molecule has 0 aromatic heterocycles. The maximum atomic E-state index is 3.20. The van der Waals surface area contributed by atoms with E-state index in [1.165, 1.54) is 36.4 Å². The Hall–Kier alpha value is -0.510. The van der Waals surface area contributed by atoms with E-state index >= 15 is 0 Å². The van der Waals surface area contributed by atoms with Gasteiger partial charge in [-0.2, -0.15) is 11.8 Å². The van der Waals surface area contributed by atoms with Gasteiger partial charge < -0.3 is 5.32 Å². The second-order valence-corrected chi connectivity index (χ2v) is 6.71. The quantitative estimate of drug-likeness (QED) is 0.861. The zero-order chi connectivity index (χ0) is 13.5. The Morgan fingerprint density at radius 2 is 2.00 bits per heavy atom. The first-order valence-electron chi connectivity index (χ1n) is 7.38. The molecule has 0 aliphatic carbocycles. The van der Waals surface area contributed by atoms with E-state index in [1.807, 2.05) is 7.05 Å². The van der Waals surface area contributed by atoms with Gasteiger partial charge in [0.05, 0.1) is 0 Å². The van der Waals surface area contributed by atoms with Crippen LogP contribution in [0.1, 0.15) is 24.5 Å². The van der Waals surface area contributed by atoms with E-state index in [2.05, 4.69) is 53.2 Å². The molecule has 2 rings (SSSR count). The van der Waals surface area contributed by atoms with E-state index in [9.17, 15) is 0 Å². The summed E-state index contributed by atoms with van der Waals surface area (Å²) in [4.78, 5) is 2.60. The molecule has 106 valence electrons. The largest absolute Gasteiger partial charge is 0.319 e. The van der Waals surface area contributed by atoms with E-state index in [0.717, 1.165) is 24.8 Å². The van der Waals surface area contributed by atoms with Gasteiger partial charge in [-0.3, -0.25) is 4.90 Å². The summed E-state index contributed by atoms with van der Waals surface area (Å²) in [5.74, 6) is 1.29. The number of hydrogen-bond donors (Lipinski definition) is 1. The minimum atomic E-state index is 0.837. The first kappa shape index (κ1) is 14.9. The smallest absolute Gasteiger partial charge is 0.0234 e. The fourth-order valence-corrected chi connectivity index (χ4v) is 3.76. The predicted molar refractivity (Wildman–Crippen MR) is 85.9 cm³/mol. The SMILES string of the molecule is CCC1CN(Cc2ccc(CCNC)cc2)CCS1. The van der Waals surface area contributed by atoms with Crippen LogP contribution in [0.25, 0.3) is 0 Å². The molecule has 1 saturated heterocycles. The summed E-state index contributed by atoms with van der Waals surface area (Å²) < 4.78 is 0. The Morgan fingerprint density at radius 3 is 2.68 bits per heavy atom. The van der Waals surface area contributed by atoms with Crippen LogP contribution >= 0.6 is 11.8 Å². The highest BCUT2D eigenvalue weighted by molar-refractivity contribution is 8.00. The summed E-state index contributed by atoms with van der Waals surface area (Å²) in [6.45, 7) is 6.97. The minimum absolute atomic E-state index is 0.837. The van der Waals surface area contributed by atoms with Gasteiger partial charge in [0.25, 0.3) is 0 Å². The lowest BCUT2D eigenvalue weighted by molar-refractivity contribution is 0.273. The lowest BCUT2D eigenvalue weighted by Crippen LogP contribution is -2.36. The Morgan fingerprint density at radius 1 is 1.26 bits per heavy atom. The molecule has 2 nitrogen and oxygen atoms in total. The van der Waals surface area contributed by atoms with E-state index in [1.54, 1.807) is 0 Å². The van der Waals surface area contributed by atoms with Crippen LogP contribution in [-0.4, -0.2) is 42.6 Å². The highest BCUT2D eigenvalue weighted by atomic mass is 32.2. The molecule has 3 heteroatoms. The van der Waals surface area contributed by atoms with E-state index < -0.39 is 0 Å². The molecule has 1 aromatic carbocycles. The molecule has 1 aromatic rings. The molecule has 1 N–H and O–H groups in total. The Bertz CT molecular complexity index is 364. The fraction of sp³-hybridized carbons (Fsp3) is 0.625. The van der Waals surface area contributed by atoms with Gasteiger partial charge in [-0.15, -0.1) is 0 Å². The standard InChI is InChI=1S/C16H26N2S/c1-3-16-13-18(10-11-19-16)12-15-6-4-14(5-7-15)8-9-17-2/h4-7,16-17H,3,8-13H2,1-2H3. The van der Waals surface area contributed by atoms with Crippen LogP contribution in [0.15, 0.2) is 24.3 Å². The van der Waals surface area contributed by atoms with Crippen LogP contribution in [0, 0.1) is 0 Å². The minimum Gasteiger partial charge on any atom is -0.319 e. The van der Waals surface area contributed by atoms with Crippen LogP contribution in [-0.2, 0) is 13.0 Å². The van der Waals surface area contributed by atoms with Crippen molar-refractivity contribution in [3.63, 3.8) is 0 Å². The summed E-state index contributed by atoms with van der Waals surface area (Å²) in [5, 5.41) is 4.03. The van der Waals surface area contributed by atoms with Crippen molar-refractivity contribution in [1.82, 2.24) is 10.2 Å². The van der Waals surface area contributed by atoms with E-state index in [-0.39, 0.29) is 0 Å². The monoisotopic (exact) mass is 278 g/mol. The maximum Gasteiger partial charge on any atom is 0.0234 e. The van der Waals surface area contributed by atoms with Crippen LogP contribution in [0.5, 0.6) is 0 Å². The van der Waals surface area contributed by atoms with Crippen molar-refractivity contribution in [3.05, 3.63) is 35.4 Å². The first-order valence-corrected chi connectivity index (χ1v) is 8.43. The third-order valence-electron chi connectivity index (χ3n) is 3.77. The topological polar surface area (TPSA) is 15.3 Å². The summed E-state index contributed by atoms with van der Waals surface area (Å²) in [6.07, 6.45) is 2.42. The Labute approximate surface area is 122 Å². The van der Waals surface area contributed by atoms with Crippen LogP contribution in [0.3, 0.4) is 0 Å². The molecule has 1 unspecified atom stereocenters. The fourth-order valence-electron chi connectivity index (χ4n) is 2.51. The number of likely N-dealkylation sites (N-methyl/N-ethyl adjacent to an activating group) is 1. The normalized spacial score (nSPS) is 20.6. The molecular weight excluding hydrogens is 252 g/mol. The molecule has 19 heavy (non-hydrogen) atoms. The highest BCUT2D eigenvalue weighted by Gasteiger charge is 2.18. The zero-order valence-corrected chi connectivity index (χ0v) is 13.0. The third-order valence-corrected chi connectivity index (χ3v) is 5.14. The van der Waals surface area contributed by atoms with Crippen molar-refractivity contribution in [2.24, 2.45) is 0 Å². The van der Waals surface area contributed by atoms with Gasteiger partial charge in [0.15, 0.2) is 0 Å². The van der Waals surface area contributed by atoms with Crippen molar-refractivity contribution in [2.75, 3.05) is 32.4 Å². The van der Waals surface area contributed by atoms with Crippen LogP contribution in [0.2, 0.25) is 0 Å². The summed E-state index contributed by atoms with van der Waals surface area (Å²) in [7, 11) is 2.01. The van der Waals surface area contributed by atoms with E-state index in [0.29, 0.717) is 0 Å². The Kier molecular flexibility index (Phi) is 6.21. The molecule has 1 aliphatic heterocycles. The second-order valence-electron chi connectivity index (χ2n) is 5.31. The van der Waals surface area contributed by atoms with Gasteiger partial charge in [0.2, 0.25) is 0 Å². The van der Waals surface area contributed by atoms with Crippen LogP contribution in [0.4, 0.5) is 0 Å². The average Bonchev–Trinajstić information content (AvgIpc) is 2.47. The number of rotatable bonds is 6. The average molecular weight is 278 g/mol. The molecule has 1 fully saturated rings. The van der Waals surface area contributed by atoms with Crippen molar-refractivity contribution >= 4 is 11.8 Å². The zero-order valence-electron chi connectivity index (χ0n) is 12.2. The third kappa shape index (κ3) is 4.83.